The number of rotatable bonds is 5. The first kappa shape index (κ1) is 14.4. The van der Waals surface area contributed by atoms with E-state index < -0.39 is 15.8 Å². The van der Waals surface area contributed by atoms with Gasteiger partial charge in [-0.1, -0.05) is 18.5 Å². The Kier molecular flexibility index (Phi) is 4.88. The van der Waals surface area contributed by atoms with Gasteiger partial charge in [-0.15, -0.1) is 0 Å². The van der Waals surface area contributed by atoms with Crippen molar-refractivity contribution in [1.82, 2.24) is 4.72 Å². The van der Waals surface area contributed by atoms with Crippen LogP contribution in [0.4, 0.5) is 4.39 Å². The minimum atomic E-state index is -3.69. The largest absolute Gasteiger partial charge is 0.327 e. The summed E-state index contributed by atoms with van der Waals surface area (Å²) in [6, 6.07) is 2.98. The molecule has 3 N–H and O–H groups in total. The van der Waals surface area contributed by atoms with E-state index in [0.717, 1.165) is 18.2 Å². The SMILES string of the molecule is CCC(N)CNS(=O)(=O)c1ccc(F)c(Cl)c1. The van der Waals surface area contributed by atoms with Crippen LogP contribution < -0.4 is 10.5 Å². The lowest BCUT2D eigenvalue weighted by molar-refractivity contribution is 0.563. The lowest BCUT2D eigenvalue weighted by Crippen LogP contribution is -2.36. The second kappa shape index (κ2) is 5.77. The molecule has 1 aromatic rings. The van der Waals surface area contributed by atoms with Gasteiger partial charge in [-0.05, 0) is 24.6 Å². The molecule has 0 aliphatic carbocycles. The van der Waals surface area contributed by atoms with E-state index in [1.54, 1.807) is 0 Å². The molecule has 0 fully saturated rings. The monoisotopic (exact) mass is 280 g/mol. The topological polar surface area (TPSA) is 72.2 Å². The van der Waals surface area contributed by atoms with Crippen LogP contribution in [0.1, 0.15) is 13.3 Å². The molecule has 1 rings (SSSR count). The van der Waals surface area contributed by atoms with Gasteiger partial charge in [0.15, 0.2) is 0 Å². The zero-order valence-corrected chi connectivity index (χ0v) is 10.9. The zero-order chi connectivity index (χ0) is 13.1. The molecule has 1 unspecified atom stereocenters. The second-order valence-electron chi connectivity index (χ2n) is 3.60. The van der Waals surface area contributed by atoms with Crippen LogP contribution in [0, 0.1) is 5.82 Å². The summed E-state index contributed by atoms with van der Waals surface area (Å²) < 4.78 is 38.8. The van der Waals surface area contributed by atoms with E-state index in [0.29, 0.717) is 6.42 Å². The maximum Gasteiger partial charge on any atom is 0.240 e. The van der Waals surface area contributed by atoms with Crippen molar-refractivity contribution in [2.45, 2.75) is 24.3 Å². The Morgan fingerprint density at radius 3 is 2.71 bits per heavy atom. The van der Waals surface area contributed by atoms with E-state index in [4.69, 9.17) is 17.3 Å². The minimum Gasteiger partial charge on any atom is -0.327 e. The van der Waals surface area contributed by atoms with Crippen LogP contribution >= 0.6 is 11.6 Å². The number of nitrogens with one attached hydrogen (secondary N) is 1. The van der Waals surface area contributed by atoms with Crippen LogP contribution in [0.5, 0.6) is 0 Å². The van der Waals surface area contributed by atoms with E-state index in [-0.39, 0.29) is 22.5 Å². The Balaban J connectivity index is 2.86. The summed E-state index contributed by atoms with van der Waals surface area (Å²) in [5.41, 5.74) is 5.60. The molecular formula is C10H14ClFN2O2S. The summed E-state index contributed by atoms with van der Waals surface area (Å²) in [6.45, 7) is 1.99. The molecule has 0 saturated carbocycles. The van der Waals surface area contributed by atoms with Crippen LogP contribution in [0.3, 0.4) is 0 Å². The molecule has 0 amide bonds. The molecular weight excluding hydrogens is 267 g/mol. The standard InChI is InChI=1S/C10H14ClFN2O2S/c1-2-7(13)6-14-17(15,16)8-3-4-10(12)9(11)5-8/h3-5,7,14H,2,6,13H2,1H3. The van der Waals surface area contributed by atoms with Gasteiger partial charge in [-0.25, -0.2) is 17.5 Å². The molecule has 1 aromatic carbocycles. The lowest BCUT2D eigenvalue weighted by Gasteiger charge is -2.11. The maximum atomic E-state index is 12.9. The number of halogens is 2. The fourth-order valence-corrected chi connectivity index (χ4v) is 2.45. The number of hydrogen-bond acceptors (Lipinski definition) is 3. The van der Waals surface area contributed by atoms with E-state index in [1.165, 1.54) is 0 Å². The van der Waals surface area contributed by atoms with Gasteiger partial charge in [0.1, 0.15) is 5.82 Å². The average Bonchev–Trinajstić information content (AvgIpc) is 2.29. The Morgan fingerprint density at radius 1 is 1.53 bits per heavy atom. The van der Waals surface area contributed by atoms with Crippen molar-refractivity contribution >= 4 is 21.6 Å². The number of hydrogen-bond donors (Lipinski definition) is 2. The third-order valence-electron chi connectivity index (χ3n) is 2.26. The highest BCUT2D eigenvalue weighted by Crippen LogP contribution is 2.19. The van der Waals surface area contributed by atoms with Gasteiger partial charge < -0.3 is 5.73 Å². The molecule has 0 heterocycles. The highest BCUT2D eigenvalue weighted by molar-refractivity contribution is 7.89. The molecule has 0 aliphatic rings. The van der Waals surface area contributed by atoms with Gasteiger partial charge in [-0.3, -0.25) is 0 Å². The summed E-state index contributed by atoms with van der Waals surface area (Å²) in [5.74, 6) is -0.657. The van der Waals surface area contributed by atoms with Gasteiger partial charge in [0.2, 0.25) is 10.0 Å². The number of benzene rings is 1. The Bertz CT molecular complexity index is 493. The molecule has 7 heteroatoms. The molecule has 1 atom stereocenters. The summed E-state index contributed by atoms with van der Waals surface area (Å²) in [5, 5.41) is -0.229. The second-order valence-corrected chi connectivity index (χ2v) is 5.77. The average molecular weight is 281 g/mol. The fourth-order valence-electron chi connectivity index (χ4n) is 1.09. The zero-order valence-electron chi connectivity index (χ0n) is 9.28. The van der Waals surface area contributed by atoms with Crippen molar-refractivity contribution in [2.75, 3.05) is 6.54 Å². The highest BCUT2D eigenvalue weighted by atomic mass is 35.5. The maximum absolute atomic E-state index is 12.9. The molecule has 0 aromatic heterocycles. The molecule has 17 heavy (non-hydrogen) atoms. The summed E-state index contributed by atoms with van der Waals surface area (Å²) in [4.78, 5) is -0.0767. The Labute approximate surface area is 105 Å². The number of sulfonamides is 1. The fraction of sp³-hybridized carbons (Fsp3) is 0.400. The van der Waals surface area contributed by atoms with Gasteiger partial charge in [0.05, 0.1) is 9.92 Å². The molecule has 4 nitrogen and oxygen atoms in total. The normalized spacial score (nSPS) is 13.6. The minimum absolute atomic E-state index is 0.0767. The van der Waals surface area contributed by atoms with Crippen molar-refractivity contribution in [2.24, 2.45) is 5.73 Å². The Morgan fingerprint density at radius 2 is 2.18 bits per heavy atom. The molecule has 0 radical (unpaired) electrons. The van der Waals surface area contributed by atoms with Crippen molar-refractivity contribution in [3.63, 3.8) is 0 Å². The molecule has 96 valence electrons. The first-order chi connectivity index (χ1) is 7.86. The van der Waals surface area contributed by atoms with E-state index in [9.17, 15) is 12.8 Å². The van der Waals surface area contributed by atoms with E-state index in [1.807, 2.05) is 6.92 Å². The first-order valence-electron chi connectivity index (χ1n) is 5.07. The predicted molar refractivity (Wildman–Crippen MR) is 64.9 cm³/mol. The van der Waals surface area contributed by atoms with Gasteiger partial charge in [-0.2, -0.15) is 0 Å². The molecule has 0 aliphatic heterocycles. The van der Waals surface area contributed by atoms with Crippen molar-refractivity contribution in [3.05, 3.63) is 29.0 Å². The van der Waals surface area contributed by atoms with Gasteiger partial charge >= 0.3 is 0 Å². The summed E-state index contributed by atoms with van der Waals surface area (Å²) >= 11 is 5.52. The van der Waals surface area contributed by atoms with Gasteiger partial charge in [0, 0.05) is 12.6 Å². The molecule has 0 spiro atoms. The van der Waals surface area contributed by atoms with E-state index in [2.05, 4.69) is 4.72 Å². The van der Waals surface area contributed by atoms with Crippen LogP contribution in [-0.4, -0.2) is 21.0 Å². The van der Waals surface area contributed by atoms with E-state index >= 15 is 0 Å². The van der Waals surface area contributed by atoms with Crippen LogP contribution in [0.25, 0.3) is 0 Å². The lowest BCUT2D eigenvalue weighted by atomic mass is 10.2. The Hall–Kier alpha value is -0.690. The predicted octanol–water partition coefficient (Wildman–Crippen LogP) is 1.49. The number of nitrogens with two attached hydrogens (primary N) is 1. The third-order valence-corrected chi connectivity index (χ3v) is 3.97. The molecule has 0 bridgehead atoms. The van der Waals surface area contributed by atoms with Crippen LogP contribution in [-0.2, 0) is 10.0 Å². The smallest absolute Gasteiger partial charge is 0.240 e. The van der Waals surface area contributed by atoms with Crippen molar-refractivity contribution in [3.8, 4) is 0 Å². The van der Waals surface area contributed by atoms with Gasteiger partial charge in [0.25, 0.3) is 0 Å². The van der Waals surface area contributed by atoms with Crippen molar-refractivity contribution < 1.29 is 12.8 Å². The summed E-state index contributed by atoms with van der Waals surface area (Å²) in [7, 11) is -3.69. The molecule has 0 saturated heterocycles. The third kappa shape index (κ3) is 3.92. The first-order valence-corrected chi connectivity index (χ1v) is 6.93. The van der Waals surface area contributed by atoms with Crippen LogP contribution in [0.15, 0.2) is 23.1 Å². The highest BCUT2D eigenvalue weighted by Gasteiger charge is 2.16. The van der Waals surface area contributed by atoms with Crippen LogP contribution in [0.2, 0.25) is 5.02 Å². The van der Waals surface area contributed by atoms with Crippen molar-refractivity contribution in [1.29, 1.82) is 0 Å². The summed E-state index contributed by atoms with van der Waals surface area (Å²) in [6.07, 6.45) is 0.659. The quantitative estimate of drug-likeness (QED) is 0.858.